The molecule has 2 N–H and O–H groups in total. The second-order valence-corrected chi connectivity index (χ2v) is 4.76. The van der Waals surface area contributed by atoms with Crippen molar-refractivity contribution in [2.75, 3.05) is 20.2 Å². The number of dihydropyridines is 1. The van der Waals surface area contributed by atoms with Gasteiger partial charge in [-0.3, -0.25) is 9.59 Å². The van der Waals surface area contributed by atoms with Gasteiger partial charge in [0.05, 0.1) is 13.7 Å². The van der Waals surface area contributed by atoms with Gasteiger partial charge >= 0.3 is 11.9 Å². The molecule has 0 bridgehead atoms. The molecule has 4 amide bonds. The molecule has 0 aliphatic carbocycles. The minimum absolute atomic E-state index is 0.291. The average Bonchev–Trinajstić information content (AvgIpc) is 2.43. The first-order valence-corrected chi connectivity index (χ1v) is 6.50. The van der Waals surface area contributed by atoms with Crippen molar-refractivity contribution >= 4 is 29.9 Å². The maximum atomic E-state index is 12.5. The molecule has 0 aromatic heterocycles. The Morgan fingerprint density at radius 2 is 2.19 bits per heavy atom. The molecule has 21 heavy (non-hydrogen) atoms. The van der Waals surface area contributed by atoms with Crippen LogP contribution in [0.25, 0.3) is 0 Å². The Morgan fingerprint density at radius 1 is 1.52 bits per heavy atom. The molecule has 112 valence electrons. The van der Waals surface area contributed by atoms with E-state index >= 15 is 0 Å². The summed E-state index contributed by atoms with van der Waals surface area (Å²) in [7, 11) is 1.49. The standard InChI is InChI=1S/C13H16N4O4/c1-4-21-10-7(2)5-15-11-9(10)12(19)17(6-8(14)18)13(20)16(11)3/h5,9H,4,6H2,1-3H3,(H-,14,18)/p+1. The van der Waals surface area contributed by atoms with Gasteiger partial charge in [-0.25, -0.2) is 4.79 Å². The summed E-state index contributed by atoms with van der Waals surface area (Å²) in [5.41, 5.74) is 5.81. The van der Waals surface area contributed by atoms with E-state index in [0.717, 1.165) is 4.90 Å². The van der Waals surface area contributed by atoms with Crippen molar-refractivity contribution in [1.82, 2.24) is 4.90 Å². The Bertz CT molecular complexity index is 618. The first-order valence-electron chi connectivity index (χ1n) is 6.50. The monoisotopic (exact) mass is 293 g/mol. The number of fused-ring (bicyclic) bond motifs is 1. The predicted octanol–water partition coefficient (Wildman–Crippen LogP) is -0.514. The first kappa shape index (κ1) is 14.9. The van der Waals surface area contributed by atoms with Gasteiger partial charge < -0.3 is 10.5 Å². The van der Waals surface area contributed by atoms with E-state index < -0.39 is 30.3 Å². The topological polar surface area (TPSA) is 105 Å². The number of hydrogen-bond acceptors (Lipinski definition) is 5. The van der Waals surface area contributed by atoms with Crippen LogP contribution in [0.4, 0.5) is 4.79 Å². The second kappa shape index (κ2) is 5.47. The maximum absolute atomic E-state index is 12.5. The lowest BCUT2D eigenvalue weighted by atomic mass is 9.96. The number of carbonyl (C=O) groups excluding carboxylic acids is 3. The molecule has 0 fully saturated rings. The third-order valence-corrected chi connectivity index (χ3v) is 3.29. The molecule has 1 unspecified atom stereocenters. The molecule has 2 aliphatic heterocycles. The van der Waals surface area contributed by atoms with Crippen LogP contribution in [-0.2, 0) is 14.3 Å². The fraction of sp³-hybridized carbons (Fsp3) is 0.462. The van der Waals surface area contributed by atoms with Crippen LogP contribution in [0.3, 0.4) is 0 Å². The number of primary amides is 1. The molecule has 8 nitrogen and oxygen atoms in total. The molecule has 0 aromatic rings. The highest BCUT2D eigenvalue weighted by Gasteiger charge is 2.50. The van der Waals surface area contributed by atoms with Crippen molar-refractivity contribution in [3.05, 3.63) is 11.3 Å². The number of carbonyl (C=O) groups is 3. The van der Waals surface area contributed by atoms with Gasteiger partial charge in [-0.05, 0) is 13.8 Å². The van der Waals surface area contributed by atoms with Gasteiger partial charge in [0.15, 0.2) is 12.5 Å². The molecule has 8 heteroatoms. The van der Waals surface area contributed by atoms with Gasteiger partial charge in [0.2, 0.25) is 0 Å². The van der Waals surface area contributed by atoms with Gasteiger partial charge in [0, 0.05) is 5.57 Å². The van der Waals surface area contributed by atoms with E-state index in [4.69, 9.17) is 10.5 Å². The van der Waals surface area contributed by atoms with E-state index in [1.807, 2.05) is 0 Å². The number of allylic oxidation sites excluding steroid dienone is 1. The molecule has 0 radical (unpaired) electrons. The van der Waals surface area contributed by atoms with Gasteiger partial charge in [-0.1, -0.05) is 0 Å². The summed E-state index contributed by atoms with van der Waals surface area (Å²) in [6.45, 7) is 3.49. The second-order valence-electron chi connectivity index (χ2n) is 4.76. The van der Waals surface area contributed by atoms with Crippen molar-refractivity contribution in [3.8, 4) is 0 Å². The number of aliphatic imine (C=N–C) groups is 1. The zero-order chi connectivity index (χ0) is 15.7. The molecule has 1 atom stereocenters. The summed E-state index contributed by atoms with van der Waals surface area (Å²) < 4.78 is 6.77. The number of hydrogen-bond donors (Lipinski definition) is 1. The summed E-state index contributed by atoms with van der Waals surface area (Å²) in [5.74, 6) is -1.39. The highest BCUT2D eigenvalue weighted by Crippen LogP contribution is 2.27. The number of amidine groups is 1. The maximum Gasteiger partial charge on any atom is 0.446 e. The summed E-state index contributed by atoms with van der Waals surface area (Å²) >= 11 is 0. The normalized spacial score (nSPS) is 21.9. The predicted molar refractivity (Wildman–Crippen MR) is 73.8 cm³/mol. The van der Waals surface area contributed by atoms with Crippen LogP contribution in [-0.4, -0.2) is 59.6 Å². The van der Waals surface area contributed by atoms with E-state index in [9.17, 15) is 14.4 Å². The quantitative estimate of drug-likeness (QED) is 0.704. The fourth-order valence-electron chi connectivity index (χ4n) is 2.33. The Labute approximate surface area is 121 Å². The summed E-state index contributed by atoms with van der Waals surface area (Å²) in [5, 5.41) is 0. The van der Waals surface area contributed by atoms with Gasteiger partial charge in [0.1, 0.15) is 12.0 Å². The van der Waals surface area contributed by atoms with E-state index in [1.165, 1.54) is 11.6 Å². The Morgan fingerprint density at radius 3 is 2.76 bits per heavy atom. The van der Waals surface area contributed by atoms with Crippen molar-refractivity contribution in [1.29, 1.82) is 0 Å². The van der Waals surface area contributed by atoms with Crippen molar-refractivity contribution in [2.24, 2.45) is 16.6 Å². The van der Waals surface area contributed by atoms with Crippen molar-refractivity contribution in [2.45, 2.75) is 13.8 Å². The molecule has 2 heterocycles. The van der Waals surface area contributed by atoms with Crippen LogP contribution in [0.2, 0.25) is 0 Å². The van der Waals surface area contributed by atoms with Crippen molar-refractivity contribution < 1.29 is 23.7 Å². The number of imide groups is 1. The molecule has 0 saturated carbocycles. The SMILES string of the molecule is CCOC1=C(C)C=NC2=[N+](C)C(=O)N(CC(N)=O)C(=O)C12. The Hall–Kier alpha value is -2.51. The molecule has 2 rings (SSSR count). The smallest absolute Gasteiger partial charge is 0.446 e. The van der Waals surface area contributed by atoms with Crippen molar-refractivity contribution in [3.63, 3.8) is 0 Å². The number of amides is 4. The third-order valence-electron chi connectivity index (χ3n) is 3.29. The number of rotatable bonds is 4. The molecular weight excluding hydrogens is 276 g/mol. The molecule has 0 spiro atoms. The lowest BCUT2D eigenvalue weighted by molar-refractivity contribution is -0.408. The van der Waals surface area contributed by atoms with E-state index in [1.54, 1.807) is 20.1 Å². The van der Waals surface area contributed by atoms with E-state index in [0.29, 0.717) is 23.8 Å². The molecule has 0 saturated heterocycles. The summed E-state index contributed by atoms with van der Waals surface area (Å²) in [6, 6.07) is -0.627. The molecule has 0 aromatic carbocycles. The highest BCUT2D eigenvalue weighted by molar-refractivity contribution is 6.16. The summed E-state index contributed by atoms with van der Waals surface area (Å²) in [6.07, 6.45) is 1.55. The van der Waals surface area contributed by atoms with Crippen LogP contribution < -0.4 is 5.73 Å². The number of urea groups is 1. The van der Waals surface area contributed by atoms with E-state index in [-0.39, 0.29) is 0 Å². The average molecular weight is 293 g/mol. The zero-order valence-corrected chi connectivity index (χ0v) is 12.1. The highest BCUT2D eigenvalue weighted by atomic mass is 16.5. The minimum Gasteiger partial charge on any atom is -0.496 e. The van der Waals surface area contributed by atoms with Crippen LogP contribution >= 0.6 is 0 Å². The molecule has 2 aliphatic rings. The lowest BCUT2D eigenvalue weighted by Crippen LogP contribution is -2.56. The van der Waals surface area contributed by atoms with Crippen LogP contribution in [0.1, 0.15) is 13.8 Å². The number of nitrogens with zero attached hydrogens (tertiary/aromatic N) is 3. The van der Waals surface area contributed by atoms with E-state index in [2.05, 4.69) is 4.99 Å². The summed E-state index contributed by atoms with van der Waals surface area (Å²) in [4.78, 5) is 40.7. The Balaban J connectivity index is 2.53. The minimum atomic E-state index is -0.822. The largest absolute Gasteiger partial charge is 0.496 e. The van der Waals surface area contributed by atoms with Gasteiger partial charge in [-0.15, -0.1) is 4.99 Å². The number of ether oxygens (including phenoxy) is 1. The zero-order valence-electron chi connectivity index (χ0n) is 12.1. The van der Waals surface area contributed by atoms with Gasteiger partial charge in [-0.2, -0.15) is 9.48 Å². The molecular formula is C13H17N4O4+. The van der Waals surface area contributed by atoms with Crippen LogP contribution in [0.5, 0.6) is 0 Å². The Kier molecular flexibility index (Phi) is 3.88. The fourth-order valence-corrected chi connectivity index (χ4v) is 2.33. The third kappa shape index (κ3) is 2.44. The van der Waals surface area contributed by atoms with Gasteiger partial charge in [0.25, 0.3) is 11.7 Å². The number of nitrogens with two attached hydrogens (primary N) is 1. The van der Waals surface area contributed by atoms with Crippen LogP contribution in [0.15, 0.2) is 16.3 Å². The lowest BCUT2D eigenvalue weighted by Gasteiger charge is -2.28. The van der Waals surface area contributed by atoms with Crippen LogP contribution in [0, 0.1) is 5.92 Å². The first-order chi connectivity index (χ1) is 9.88.